The summed E-state index contributed by atoms with van der Waals surface area (Å²) in [6, 6.07) is 16.3. The van der Waals surface area contributed by atoms with Gasteiger partial charge >= 0.3 is 0 Å². The zero-order chi connectivity index (χ0) is 14.1. The fourth-order valence-electron chi connectivity index (χ4n) is 2.34. The van der Waals surface area contributed by atoms with Crippen LogP contribution in [0, 0.1) is 6.92 Å². The molecule has 3 aromatic rings. The number of hydrogen-bond donors (Lipinski definition) is 1. The van der Waals surface area contributed by atoms with Gasteiger partial charge in [0.15, 0.2) is 0 Å². The van der Waals surface area contributed by atoms with Crippen molar-refractivity contribution in [1.82, 2.24) is 4.98 Å². The summed E-state index contributed by atoms with van der Waals surface area (Å²) in [5, 5.41) is 1.13. The number of aryl methyl sites for hydroxylation is 1. The monoisotopic (exact) mass is 326 g/mol. The minimum atomic E-state index is -0.156. The van der Waals surface area contributed by atoms with Crippen molar-refractivity contribution in [2.75, 3.05) is 0 Å². The summed E-state index contributed by atoms with van der Waals surface area (Å²) in [6.07, 6.45) is 1.80. The van der Waals surface area contributed by atoms with Crippen molar-refractivity contribution < 1.29 is 0 Å². The molecular formula is C17H15BrN2. The molecule has 0 aliphatic carbocycles. The SMILES string of the molecule is Cc1ccc(C(N)c2ccc3cccnc3c2)c(Br)c1. The maximum absolute atomic E-state index is 6.40. The quantitative estimate of drug-likeness (QED) is 0.760. The molecule has 100 valence electrons. The summed E-state index contributed by atoms with van der Waals surface area (Å²) in [7, 11) is 0. The van der Waals surface area contributed by atoms with Crippen LogP contribution in [0.5, 0.6) is 0 Å². The van der Waals surface area contributed by atoms with E-state index >= 15 is 0 Å². The highest BCUT2D eigenvalue weighted by molar-refractivity contribution is 9.10. The molecule has 2 nitrogen and oxygen atoms in total. The molecule has 0 bridgehead atoms. The zero-order valence-electron chi connectivity index (χ0n) is 11.2. The molecule has 0 saturated heterocycles. The van der Waals surface area contributed by atoms with Crippen LogP contribution >= 0.6 is 15.9 Å². The van der Waals surface area contributed by atoms with Gasteiger partial charge in [0.25, 0.3) is 0 Å². The van der Waals surface area contributed by atoms with E-state index in [9.17, 15) is 0 Å². The maximum atomic E-state index is 6.40. The van der Waals surface area contributed by atoms with Gasteiger partial charge in [-0.25, -0.2) is 0 Å². The predicted octanol–water partition coefficient (Wildman–Crippen LogP) is 4.35. The van der Waals surface area contributed by atoms with Crippen LogP contribution in [0.2, 0.25) is 0 Å². The van der Waals surface area contributed by atoms with Crippen molar-refractivity contribution in [3.63, 3.8) is 0 Å². The molecule has 3 heteroatoms. The average Bonchev–Trinajstić information content (AvgIpc) is 2.46. The van der Waals surface area contributed by atoms with Gasteiger partial charge in [-0.05, 0) is 41.8 Å². The first-order valence-electron chi connectivity index (χ1n) is 6.51. The van der Waals surface area contributed by atoms with Crippen molar-refractivity contribution in [1.29, 1.82) is 0 Å². The number of rotatable bonds is 2. The molecule has 20 heavy (non-hydrogen) atoms. The van der Waals surface area contributed by atoms with E-state index in [0.717, 1.165) is 26.5 Å². The highest BCUT2D eigenvalue weighted by Gasteiger charge is 2.12. The van der Waals surface area contributed by atoms with E-state index in [1.54, 1.807) is 6.20 Å². The second-order valence-electron chi connectivity index (χ2n) is 4.96. The molecule has 0 aliphatic heterocycles. The first kappa shape index (κ1) is 13.3. The molecule has 0 fully saturated rings. The highest BCUT2D eigenvalue weighted by Crippen LogP contribution is 2.29. The van der Waals surface area contributed by atoms with Crippen LogP contribution in [0.1, 0.15) is 22.7 Å². The maximum Gasteiger partial charge on any atom is 0.0705 e. The van der Waals surface area contributed by atoms with Gasteiger partial charge in [0.2, 0.25) is 0 Å². The van der Waals surface area contributed by atoms with E-state index in [-0.39, 0.29) is 6.04 Å². The lowest BCUT2D eigenvalue weighted by Gasteiger charge is -2.15. The van der Waals surface area contributed by atoms with Crippen LogP contribution in [0.4, 0.5) is 0 Å². The van der Waals surface area contributed by atoms with Crippen molar-refractivity contribution in [3.8, 4) is 0 Å². The Labute approximate surface area is 126 Å². The van der Waals surface area contributed by atoms with E-state index < -0.39 is 0 Å². The van der Waals surface area contributed by atoms with Crippen molar-refractivity contribution in [2.45, 2.75) is 13.0 Å². The number of halogens is 1. The van der Waals surface area contributed by atoms with Crippen molar-refractivity contribution in [3.05, 3.63) is 75.9 Å². The first-order valence-corrected chi connectivity index (χ1v) is 7.31. The minimum absolute atomic E-state index is 0.156. The van der Waals surface area contributed by atoms with E-state index in [2.05, 4.69) is 70.3 Å². The van der Waals surface area contributed by atoms with Crippen molar-refractivity contribution in [2.24, 2.45) is 5.73 Å². The topological polar surface area (TPSA) is 38.9 Å². The molecule has 1 atom stereocenters. The van der Waals surface area contributed by atoms with E-state index in [0.29, 0.717) is 0 Å². The van der Waals surface area contributed by atoms with Gasteiger partial charge in [-0.1, -0.05) is 46.3 Å². The molecule has 2 aromatic carbocycles. The van der Waals surface area contributed by atoms with E-state index in [1.807, 2.05) is 6.07 Å². The lowest BCUT2D eigenvalue weighted by molar-refractivity contribution is 0.866. The van der Waals surface area contributed by atoms with E-state index in [1.165, 1.54) is 5.56 Å². The highest BCUT2D eigenvalue weighted by atomic mass is 79.9. The molecule has 1 heterocycles. The summed E-state index contributed by atoms with van der Waals surface area (Å²) in [5.41, 5.74) is 10.8. The van der Waals surface area contributed by atoms with Crippen LogP contribution in [-0.2, 0) is 0 Å². The number of pyridine rings is 1. The molecule has 3 rings (SSSR count). The molecule has 0 spiro atoms. The summed E-state index contributed by atoms with van der Waals surface area (Å²) in [4.78, 5) is 4.39. The molecule has 0 radical (unpaired) electrons. The number of nitrogens with zero attached hydrogens (tertiary/aromatic N) is 1. The fourth-order valence-corrected chi connectivity index (χ4v) is 3.08. The number of nitrogens with two attached hydrogens (primary N) is 1. The van der Waals surface area contributed by atoms with Gasteiger partial charge < -0.3 is 5.73 Å². The van der Waals surface area contributed by atoms with Gasteiger partial charge in [-0.15, -0.1) is 0 Å². The second-order valence-corrected chi connectivity index (χ2v) is 5.81. The largest absolute Gasteiger partial charge is 0.320 e. The third-order valence-corrected chi connectivity index (χ3v) is 4.17. The number of fused-ring (bicyclic) bond motifs is 1. The second kappa shape index (κ2) is 5.35. The van der Waals surface area contributed by atoms with Crippen LogP contribution in [0.15, 0.2) is 59.2 Å². The zero-order valence-corrected chi connectivity index (χ0v) is 12.8. The normalized spacial score (nSPS) is 12.6. The minimum Gasteiger partial charge on any atom is -0.320 e. The third kappa shape index (κ3) is 2.47. The third-order valence-electron chi connectivity index (χ3n) is 3.48. The van der Waals surface area contributed by atoms with Crippen LogP contribution < -0.4 is 5.73 Å². The van der Waals surface area contributed by atoms with Crippen molar-refractivity contribution >= 4 is 26.8 Å². The van der Waals surface area contributed by atoms with Gasteiger partial charge in [0.1, 0.15) is 0 Å². The standard InChI is InChI=1S/C17H15BrN2/c1-11-4-7-14(15(18)9-11)17(19)13-6-5-12-3-2-8-20-16(12)10-13/h2-10,17H,19H2,1H3. The molecule has 2 N–H and O–H groups in total. The Hall–Kier alpha value is -1.71. The molecule has 0 aliphatic rings. The summed E-state index contributed by atoms with van der Waals surface area (Å²) in [6.45, 7) is 2.07. The summed E-state index contributed by atoms with van der Waals surface area (Å²) >= 11 is 3.60. The van der Waals surface area contributed by atoms with Gasteiger partial charge in [0.05, 0.1) is 11.6 Å². The lowest BCUT2D eigenvalue weighted by Crippen LogP contribution is -2.12. The Morgan fingerprint density at radius 2 is 1.95 bits per heavy atom. The van der Waals surface area contributed by atoms with Crippen LogP contribution in [0.25, 0.3) is 10.9 Å². The molecule has 0 saturated carbocycles. The Kier molecular flexibility index (Phi) is 3.55. The number of benzene rings is 2. The average molecular weight is 327 g/mol. The summed E-state index contributed by atoms with van der Waals surface area (Å²) in [5.74, 6) is 0. The first-order chi connectivity index (χ1) is 9.65. The Bertz CT molecular complexity index is 768. The molecule has 0 amide bonds. The fraction of sp³-hybridized carbons (Fsp3) is 0.118. The van der Waals surface area contributed by atoms with E-state index in [4.69, 9.17) is 5.73 Å². The van der Waals surface area contributed by atoms with Crippen LogP contribution in [-0.4, -0.2) is 4.98 Å². The van der Waals surface area contributed by atoms with Gasteiger partial charge in [-0.2, -0.15) is 0 Å². The molecule has 1 unspecified atom stereocenters. The Balaban J connectivity index is 2.05. The molecule has 1 aromatic heterocycles. The van der Waals surface area contributed by atoms with Gasteiger partial charge in [0, 0.05) is 16.1 Å². The molecular weight excluding hydrogens is 312 g/mol. The van der Waals surface area contributed by atoms with Crippen LogP contribution in [0.3, 0.4) is 0 Å². The predicted molar refractivity (Wildman–Crippen MR) is 86.7 cm³/mol. The lowest BCUT2D eigenvalue weighted by atomic mass is 9.97. The Morgan fingerprint density at radius 1 is 1.10 bits per heavy atom. The Morgan fingerprint density at radius 3 is 2.75 bits per heavy atom. The van der Waals surface area contributed by atoms with Gasteiger partial charge in [-0.3, -0.25) is 4.98 Å². The summed E-state index contributed by atoms with van der Waals surface area (Å²) < 4.78 is 1.05. The number of hydrogen-bond acceptors (Lipinski definition) is 2. The smallest absolute Gasteiger partial charge is 0.0705 e. The number of aromatic nitrogens is 1.